The van der Waals surface area contributed by atoms with E-state index in [1.165, 1.54) is 16.2 Å². The zero-order valence-electron chi connectivity index (χ0n) is 25.5. The lowest BCUT2D eigenvalue weighted by Crippen LogP contribution is -2.68. The van der Waals surface area contributed by atoms with Gasteiger partial charge in [0, 0.05) is 48.8 Å². The van der Waals surface area contributed by atoms with Gasteiger partial charge in [-0.3, -0.25) is 20.2 Å². The quantitative estimate of drug-likeness (QED) is 0.172. The molecule has 0 spiro atoms. The second kappa shape index (κ2) is 11.6. The molecule has 2 aromatic rings. The summed E-state index contributed by atoms with van der Waals surface area (Å²) in [4.78, 5) is 59.3. The summed E-state index contributed by atoms with van der Waals surface area (Å²) >= 11 is 1.17. The van der Waals surface area contributed by atoms with Crippen molar-refractivity contribution < 1.29 is 50.1 Å². The van der Waals surface area contributed by atoms with Crippen LogP contribution in [0.4, 0.5) is 10.8 Å². The molecule has 0 radical (unpaired) electrons. The second-order valence-corrected chi connectivity index (χ2v) is 12.6. The maximum absolute atomic E-state index is 14.1. The smallest absolute Gasteiger partial charge is 0.357 e. The Balaban J connectivity index is 1.60. The standard InChI is InChI=1S/C30H35N5O9S/c1-6-44-28(42)16-11-45-29(33-16)32-10-13-9-17(34(2)3)14-7-12-8-15-21(35(4)5)24(38)20(27(31)41)26(40)30(15,43)25(39)18(12)23(37)19(14)22(13)36/h9,11-12,15,21,36-37,40,43H,6-8,10H2,1-5H3,(H2,31,41)(H,32,33)/p+1. The molecule has 3 aliphatic carbocycles. The summed E-state index contributed by atoms with van der Waals surface area (Å²) in [6.07, 6.45) is 0.194. The van der Waals surface area contributed by atoms with Crippen LogP contribution in [0.3, 0.4) is 0 Å². The van der Waals surface area contributed by atoms with E-state index in [0.29, 0.717) is 21.9 Å². The van der Waals surface area contributed by atoms with Crippen molar-refractivity contribution in [2.75, 3.05) is 45.0 Å². The molecule has 0 bridgehead atoms. The Morgan fingerprint density at radius 2 is 1.89 bits per heavy atom. The lowest BCUT2D eigenvalue weighted by molar-refractivity contribution is -0.299. The SMILES string of the molecule is CCOC(=O)c1csc(NCc2cc(N(C)C)c3c(c2O)C(O)=C2C(=O)C4(O)C(O)=C(C([NH3+])=O)C(=O)C(N(C)C)C4CC2C3)n1. The van der Waals surface area contributed by atoms with Crippen LogP contribution in [0.25, 0.3) is 5.76 Å². The average molecular weight is 643 g/mol. The molecule has 4 unspecified atom stereocenters. The number of nitrogens with zero attached hydrogens (tertiary/aromatic N) is 3. The van der Waals surface area contributed by atoms with Gasteiger partial charge in [-0.1, -0.05) is 0 Å². The zero-order valence-corrected chi connectivity index (χ0v) is 26.3. The van der Waals surface area contributed by atoms with E-state index in [-0.39, 0.29) is 48.6 Å². The molecule has 1 heterocycles. The Labute approximate surface area is 262 Å². The largest absolute Gasteiger partial charge is 0.508 e. The molecular formula is C30H36N5O9S+. The molecule has 240 valence electrons. The topological polar surface area (TPSA) is 217 Å². The van der Waals surface area contributed by atoms with Gasteiger partial charge >= 0.3 is 11.9 Å². The second-order valence-electron chi connectivity index (χ2n) is 11.8. The minimum atomic E-state index is -2.68. The first kappa shape index (κ1) is 32.1. The van der Waals surface area contributed by atoms with Crippen LogP contribution in [0.2, 0.25) is 0 Å². The summed E-state index contributed by atoms with van der Waals surface area (Å²) in [6.45, 7) is 1.93. The van der Waals surface area contributed by atoms with Gasteiger partial charge in [-0.25, -0.2) is 14.6 Å². The maximum atomic E-state index is 14.1. The van der Waals surface area contributed by atoms with Crippen LogP contribution in [-0.2, 0) is 32.1 Å². The van der Waals surface area contributed by atoms with E-state index in [1.54, 1.807) is 51.5 Å². The number of hydrogen-bond donors (Lipinski definition) is 6. The molecule has 1 aromatic heterocycles. The molecule has 14 nitrogen and oxygen atoms in total. The highest BCUT2D eigenvalue weighted by Gasteiger charge is 2.64. The molecule has 8 N–H and O–H groups in total. The third kappa shape index (κ3) is 4.95. The number of phenols is 1. The van der Waals surface area contributed by atoms with Crippen LogP contribution >= 0.6 is 11.3 Å². The Morgan fingerprint density at radius 1 is 1.20 bits per heavy atom. The van der Waals surface area contributed by atoms with Crippen molar-refractivity contribution in [3.63, 3.8) is 0 Å². The molecule has 15 heteroatoms. The van der Waals surface area contributed by atoms with Crippen LogP contribution < -0.4 is 16.0 Å². The molecule has 4 atom stereocenters. The summed E-state index contributed by atoms with van der Waals surface area (Å²) in [7, 11) is 6.72. The molecule has 1 saturated carbocycles. The molecule has 45 heavy (non-hydrogen) atoms. The van der Waals surface area contributed by atoms with Crippen molar-refractivity contribution in [1.29, 1.82) is 0 Å². The molecular weight excluding hydrogens is 606 g/mol. The number of ether oxygens (including phenoxy) is 1. The molecule has 1 amide bonds. The fraction of sp³-hybridized carbons (Fsp3) is 0.433. The number of ketones is 2. The van der Waals surface area contributed by atoms with Gasteiger partial charge in [-0.05, 0) is 51.4 Å². The summed E-state index contributed by atoms with van der Waals surface area (Å²) < 4.78 is 4.97. The third-order valence-electron chi connectivity index (χ3n) is 8.71. The van der Waals surface area contributed by atoms with E-state index < -0.39 is 64.0 Å². The Kier molecular flexibility index (Phi) is 8.24. The minimum Gasteiger partial charge on any atom is -0.508 e. The number of carbonyl (C=O) groups excluding carboxylic acids is 4. The number of anilines is 2. The summed E-state index contributed by atoms with van der Waals surface area (Å²) in [6, 6.07) is 0.624. The zero-order chi connectivity index (χ0) is 33.1. The van der Waals surface area contributed by atoms with Gasteiger partial charge in [-0.15, -0.1) is 11.3 Å². The number of likely N-dealkylation sites (N-methyl/N-ethyl adjacent to an activating group) is 1. The number of Topliss-reactive ketones (excluding diaryl/α,β-unsaturated/α-hetero) is 2. The van der Waals surface area contributed by atoms with Crippen molar-refractivity contribution in [3.05, 3.63) is 50.7 Å². The Morgan fingerprint density at radius 3 is 2.49 bits per heavy atom. The van der Waals surface area contributed by atoms with Gasteiger partial charge in [0.25, 0.3) is 0 Å². The first-order valence-electron chi connectivity index (χ1n) is 14.3. The number of benzene rings is 1. The molecule has 3 aliphatic rings. The average Bonchev–Trinajstić information content (AvgIpc) is 3.43. The molecule has 1 aromatic carbocycles. The summed E-state index contributed by atoms with van der Waals surface area (Å²) in [5.41, 5.74) is 1.28. The number of rotatable bonds is 8. The number of aliphatic hydroxyl groups is 3. The van der Waals surface area contributed by atoms with Gasteiger partial charge < -0.3 is 35.4 Å². The van der Waals surface area contributed by atoms with E-state index in [4.69, 9.17) is 4.74 Å². The van der Waals surface area contributed by atoms with Gasteiger partial charge in [0.05, 0.1) is 18.2 Å². The van der Waals surface area contributed by atoms with E-state index >= 15 is 0 Å². The van der Waals surface area contributed by atoms with E-state index in [9.17, 15) is 39.6 Å². The highest BCUT2D eigenvalue weighted by atomic mass is 32.1. The maximum Gasteiger partial charge on any atom is 0.357 e. The fourth-order valence-electron chi connectivity index (χ4n) is 6.74. The Bertz CT molecular complexity index is 1690. The number of quaternary nitrogens is 1. The molecule has 1 fully saturated rings. The normalized spacial score (nSPS) is 24.3. The number of aromatic nitrogens is 1. The van der Waals surface area contributed by atoms with Crippen LogP contribution in [-0.4, -0.2) is 100 Å². The van der Waals surface area contributed by atoms with Crippen molar-refractivity contribution in [2.24, 2.45) is 11.8 Å². The monoisotopic (exact) mass is 642 g/mol. The number of nitrogens with one attached hydrogen (secondary N) is 1. The fourth-order valence-corrected chi connectivity index (χ4v) is 7.41. The van der Waals surface area contributed by atoms with E-state index in [1.807, 2.05) is 0 Å². The lowest BCUT2D eigenvalue weighted by atomic mass is 9.57. The van der Waals surface area contributed by atoms with Crippen LogP contribution in [0.15, 0.2) is 28.4 Å². The first-order valence-corrected chi connectivity index (χ1v) is 15.2. The van der Waals surface area contributed by atoms with Gasteiger partial charge in [0.15, 0.2) is 33.5 Å². The van der Waals surface area contributed by atoms with Crippen LogP contribution in [0.1, 0.15) is 40.5 Å². The number of carbonyl (C=O) groups is 4. The number of aliphatic hydroxyl groups excluding tert-OH is 2. The number of amides is 1. The van der Waals surface area contributed by atoms with Gasteiger partial charge in [-0.2, -0.15) is 0 Å². The van der Waals surface area contributed by atoms with Crippen molar-refractivity contribution in [3.8, 4) is 5.75 Å². The van der Waals surface area contributed by atoms with Crippen molar-refractivity contribution in [1.82, 2.24) is 9.88 Å². The molecule has 0 aliphatic heterocycles. The van der Waals surface area contributed by atoms with E-state index in [0.717, 1.165) is 0 Å². The van der Waals surface area contributed by atoms with Gasteiger partial charge in [0.1, 0.15) is 11.5 Å². The number of fused-ring (bicyclic) bond motifs is 3. The van der Waals surface area contributed by atoms with Crippen molar-refractivity contribution in [2.45, 2.75) is 38.0 Å². The summed E-state index contributed by atoms with van der Waals surface area (Å²) in [5.74, 6) is -7.15. The number of esters is 1. The minimum absolute atomic E-state index is 0.000950. The number of aromatic hydroxyl groups is 1. The highest BCUT2D eigenvalue weighted by molar-refractivity contribution is 7.13. The van der Waals surface area contributed by atoms with Crippen LogP contribution in [0.5, 0.6) is 5.75 Å². The predicted octanol–water partition coefficient (Wildman–Crippen LogP) is 0.559. The summed E-state index contributed by atoms with van der Waals surface area (Å²) in [5, 5.41) is 51.0. The first-order chi connectivity index (χ1) is 21.1. The number of hydrogen-bond acceptors (Lipinski definition) is 14. The predicted molar refractivity (Wildman–Crippen MR) is 163 cm³/mol. The molecule has 5 rings (SSSR count). The number of thiazole rings is 1. The van der Waals surface area contributed by atoms with Crippen molar-refractivity contribution >= 4 is 51.4 Å². The lowest BCUT2D eigenvalue weighted by Gasteiger charge is -2.50. The Hall–Kier alpha value is -4.31. The van der Waals surface area contributed by atoms with E-state index in [2.05, 4.69) is 16.0 Å². The third-order valence-corrected chi connectivity index (χ3v) is 9.51. The number of phenolic OH excluding ortho intramolecular Hbond substituents is 1. The van der Waals surface area contributed by atoms with Crippen LogP contribution in [0, 0.1) is 11.8 Å². The molecule has 0 saturated heterocycles. The highest BCUT2D eigenvalue weighted by Crippen LogP contribution is 2.54. The van der Waals surface area contributed by atoms with Gasteiger partial charge in [0.2, 0.25) is 5.78 Å².